The molecule has 0 spiro atoms. The molecule has 4 rings (SSSR count). The van der Waals surface area contributed by atoms with Crippen LogP contribution in [-0.4, -0.2) is 38.6 Å². The Morgan fingerprint density at radius 2 is 2.40 bits per heavy atom. The number of fused-ring (bicyclic) bond motifs is 5. The highest BCUT2D eigenvalue weighted by molar-refractivity contribution is 7.99. The zero-order valence-corrected chi connectivity index (χ0v) is 8.98. The average Bonchev–Trinajstić information content (AvgIpc) is 2.67. The Labute approximate surface area is 91.3 Å². The number of nitrogens with one attached hydrogen (secondary N) is 1. The van der Waals surface area contributed by atoms with Crippen LogP contribution in [0, 0.1) is 17.8 Å². The van der Waals surface area contributed by atoms with Gasteiger partial charge in [0.15, 0.2) is 0 Å². The molecule has 2 bridgehead atoms. The molecule has 5 atom stereocenters. The third-order valence-electron chi connectivity index (χ3n) is 3.87. The van der Waals surface area contributed by atoms with Gasteiger partial charge in [-0.05, 0) is 35.8 Å². The zero-order valence-electron chi connectivity index (χ0n) is 8.17. The van der Waals surface area contributed by atoms with Crippen molar-refractivity contribution < 1.29 is 4.74 Å². The molecule has 2 saturated heterocycles. The number of thioether (sulfide) groups is 1. The van der Waals surface area contributed by atoms with E-state index >= 15 is 0 Å². The van der Waals surface area contributed by atoms with E-state index in [1.165, 1.54) is 12.8 Å². The van der Waals surface area contributed by atoms with Crippen molar-refractivity contribution in [2.24, 2.45) is 17.8 Å². The molecule has 6 heteroatoms. The molecule has 3 aliphatic rings. The average molecular weight is 224 g/mol. The quantitative estimate of drug-likeness (QED) is 0.766. The molecule has 1 N–H and O–H groups in total. The van der Waals surface area contributed by atoms with Gasteiger partial charge in [0.05, 0.1) is 12.2 Å². The van der Waals surface area contributed by atoms with Crippen molar-refractivity contribution in [3.63, 3.8) is 0 Å². The first-order valence-electron chi connectivity index (χ1n) is 5.43. The molecular weight excluding hydrogens is 212 g/mol. The molecule has 15 heavy (non-hydrogen) atoms. The van der Waals surface area contributed by atoms with Gasteiger partial charge in [0, 0.05) is 5.75 Å². The van der Waals surface area contributed by atoms with Crippen LogP contribution in [0.2, 0.25) is 0 Å². The van der Waals surface area contributed by atoms with Gasteiger partial charge in [0.2, 0.25) is 5.16 Å². The van der Waals surface area contributed by atoms with Crippen molar-refractivity contribution in [3.8, 4) is 0 Å². The Bertz CT molecular complexity index is 370. The maximum Gasteiger partial charge on any atom is 0.230 e. The predicted octanol–water partition coefficient (Wildman–Crippen LogP) is 0.715. The molecule has 5 nitrogen and oxygen atoms in total. The van der Waals surface area contributed by atoms with Crippen molar-refractivity contribution in [1.29, 1.82) is 0 Å². The Kier molecular flexibility index (Phi) is 1.67. The first-order chi connectivity index (χ1) is 7.42. The Morgan fingerprint density at radius 1 is 1.40 bits per heavy atom. The van der Waals surface area contributed by atoms with E-state index in [1.807, 2.05) is 0 Å². The first-order valence-corrected chi connectivity index (χ1v) is 6.42. The van der Waals surface area contributed by atoms with Crippen molar-refractivity contribution in [2.75, 3.05) is 5.75 Å². The van der Waals surface area contributed by atoms with E-state index in [1.54, 1.807) is 11.8 Å². The first kappa shape index (κ1) is 8.52. The number of hydrogen-bond acceptors (Lipinski definition) is 5. The second-order valence-corrected chi connectivity index (χ2v) is 5.69. The fourth-order valence-corrected chi connectivity index (χ4v) is 4.02. The lowest BCUT2D eigenvalue weighted by atomic mass is 9.91. The largest absolute Gasteiger partial charge is 0.374 e. The summed E-state index contributed by atoms with van der Waals surface area (Å²) in [5.41, 5.74) is 0. The van der Waals surface area contributed by atoms with E-state index in [9.17, 15) is 0 Å². The molecule has 1 saturated carbocycles. The number of aromatic amines is 1. The highest BCUT2D eigenvalue weighted by Gasteiger charge is 2.62. The molecule has 3 heterocycles. The van der Waals surface area contributed by atoms with Crippen molar-refractivity contribution in [2.45, 2.75) is 30.2 Å². The molecule has 0 amide bonds. The van der Waals surface area contributed by atoms with Crippen LogP contribution >= 0.6 is 11.8 Å². The predicted molar refractivity (Wildman–Crippen MR) is 53.3 cm³/mol. The Balaban J connectivity index is 1.40. The summed E-state index contributed by atoms with van der Waals surface area (Å²) in [7, 11) is 0. The fraction of sp³-hybridized carbons (Fsp3) is 0.889. The molecule has 0 unspecified atom stereocenters. The van der Waals surface area contributed by atoms with E-state index in [-0.39, 0.29) is 0 Å². The minimum atomic E-state index is 0.541. The van der Waals surface area contributed by atoms with Crippen LogP contribution in [-0.2, 0) is 4.74 Å². The summed E-state index contributed by atoms with van der Waals surface area (Å²) in [6.07, 6.45) is 3.78. The van der Waals surface area contributed by atoms with Crippen LogP contribution in [0.15, 0.2) is 5.16 Å². The standard InChI is InChI=1S/C9H12N4OS/c1-4(3-15-9-10-12-13-11-9)8-6-2-5(6)7(1)14-8/h4-8H,1-3H2,(H,10,11,12,13)/t4-,5+,6-,7-,8+/m0/s1. The summed E-state index contributed by atoms with van der Waals surface area (Å²) in [6.45, 7) is 0. The minimum Gasteiger partial charge on any atom is -0.374 e. The highest BCUT2D eigenvalue weighted by atomic mass is 32.2. The summed E-state index contributed by atoms with van der Waals surface area (Å²) in [5, 5.41) is 14.7. The summed E-state index contributed by atoms with van der Waals surface area (Å²) in [6, 6.07) is 0. The molecular formula is C9H12N4OS. The van der Waals surface area contributed by atoms with Gasteiger partial charge in [-0.25, -0.2) is 0 Å². The number of hydrogen-bond donors (Lipinski definition) is 1. The van der Waals surface area contributed by atoms with Crippen LogP contribution in [0.25, 0.3) is 0 Å². The number of rotatable bonds is 3. The lowest BCUT2D eigenvalue weighted by Gasteiger charge is -2.16. The number of aromatic nitrogens is 4. The van der Waals surface area contributed by atoms with Gasteiger partial charge in [0.25, 0.3) is 0 Å². The van der Waals surface area contributed by atoms with Crippen molar-refractivity contribution in [3.05, 3.63) is 0 Å². The molecule has 1 aromatic rings. The van der Waals surface area contributed by atoms with Gasteiger partial charge in [0.1, 0.15) is 0 Å². The third-order valence-corrected chi connectivity index (χ3v) is 4.90. The molecule has 1 aromatic heterocycles. The second-order valence-electron chi connectivity index (χ2n) is 4.70. The van der Waals surface area contributed by atoms with Gasteiger partial charge in [-0.3, -0.25) is 0 Å². The number of nitrogens with zero attached hydrogens (tertiary/aromatic N) is 3. The molecule has 1 aliphatic carbocycles. The molecule has 3 fully saturated rings. The van der Waals surface area contributed by atoms with E-state index in [2.05, 4.69) is 20.6 Å². The summed E-state index contributed by atoms with van der Waals surface area (Å²) < 4.78 is 5.94. The van der Waals surface area contributed by atoms with Gasteiger partial charge in [-0.2, -0.15) is 5.21 Å². The maximum absolute atomic E-state index is 5.94. The lowest BCUT2D eigenvalue weighted by Crippen LogP contribution is -2.21. The summed E-state index contributed by atoms with van der Waals surface area (Å²) in [4.78, 5) is 0. The van der Waals surface area contributed by atoms with Gasteiger partial charge < -0.3 is 4.74 Å². The third kappa shape index (κ3) is 1.24. The fourth-order valence-electron chi connectivity index (χ4n) is 3.13. The van der Waals surface area contributed by atoms with Crippen LogP contribution in [0.1, 0.15) is 12.8 Å². The minimum absolute atomic E-state index is 0.541. The van der Waals surface area contributed by atoms with Gasteiger partial charge >= 0.3 is 0 Å². The van der Waals surface area contributed by atoms with Gasteiger partial charge in [-0.1, -0.05) is 11.8 Å². The van der Waals surface area contributed by atoms with Gasteiger partial charge in [-0.15, -0.1) is 10.2 Å². The topological polar surface area (TPSA) is 63.7 Å². The van der Waals surface area contributed by atoms with E-state index in [4.69, 9.17) is 4.74 Å². The Morgan fingerprint density at radius 3 is 3.13 bits per heavy atom. The summed E-state index contributed by atoms with van der Waals surface area (Å²) >= 11 is 1.69. The number of ether oxygens (including phenoxy) is 1. The number of tetrazole rings is 1. The van der Waals surface area contributed by atoms with E-state index < -0.39 is 0 Å². The Hall–Kier alpha value is -0.620. The number of H-pyrrole nitrogens is 1. The molecule has 0 radical (unpaired) electrons. The monoisotopic (exact) mass is 224 g/mol. The zero-order chi connectivity index (χ0) is 9.83. The smallest absolute Gasteiger partial charge is 0.230 e. The normalized spacial score (nSPS) is 45.7. The molecule has 2 aliphatic heterocycles. The van der Waals surface area contributed by atoms with Crippen LogP contribution in [0.3, 0.4) is 0 Å². The molecule has 0 aromatic carbocycles. The second kappa shape index (κ2) is 2.95. The molecule has 80 valence electrons. The summed E-state index contributed by atoms with van der Waals surface area (Å²) in [5.74, 6) is 3.59. The maximum atomic E-state index is 5.94. The lowest BCUT2D eigenvalue weighted by molar-refractivity contribution is 0.0637. The van der Waals surface area contributed by atoms with Crippen molar-refractivity contribution >= 4 is 11.8 Å². The SMILES string of the molecule is C(Sc1nn[nH]n1)[C@@H]1C[C@@H]2O[C@H]1[C@H]1C[C@H]12. The van der Waals surface area contributed by atoms with E-state index in [0.717, 1.165) is 22.7 Å². The van der Waals surface area contributed by atoms with Crippen molar-refractivity contribution in [1.82, 2.24) is 20.6 Å². The highest BCUT2D eigenvalue weighted by Crippen LogP contribution is 2.61. The van der Waals surface area contributed by atoms with E-state index in [0.29, 0.717) is 18.1 Å². The van der Waals surface area contributed by atoms with Crippen LogP contribution in [0.4, 0.5) is 0 Å². The van der Waals surface area contributed by atoms with Crippen LogP contribution in [0.5, 0.6) is 0 Å². The van der Waals surface area contributed by atoms with Crippen LogP contribution < -0.4 is 0 Å².